The fourth-order valence-electron chi connectivity index (χ4n) is 5.99. The summed E-state index contributed by atoms with van der Waals surface area (Å²) in [7, 11) is 0. The molecule has 0 unspecified atom stereocenters. The summed E-state index contributed by atoms with van der Waals surface area (Å²) in [5.74, 6) is 1.77. The Kier molecular flexibility index (Phi) is 11.9. The molecule has 5 rings (SSSR count). The van der Waals surface area contributed by atoms with Gasteiger partial charge in [0, 0.05) is 62.2 Å². The molecule has 48 heavy (non-hydrogen) atoms. The molecule has 0 aliphatic carbocycles. The molecule has 3 aromatic carbocycles. The van der Waals surface area contributed by atoms with Crippen LogP contribution in [0.2, 0.25) is 5.02 Å². The zero-order chi connectivity index (χ0) is 34.0. The fourth-order valence-corrected chi connectivity index (χ4v) is 6.24. The van der Waals surface area contributed by atoms with Gasteiger partial charge in [0.1, 0.15) is 36.5 Å². The average Bonchev–Trinajstić information content (AvgIpc) is 3.53. The maximum Gasteiger partial charge on any atom is 0.217 e. The predicted octanol–water partition coefficient (Wildman–Crippen LogP) is 6.52. The van der Waals surface area contributed by atoms with Crippen molar-refractivity contribution in [2.45, 2.75) is 59.5 Å². The number of nitrogens with one attached hydrogen (secondary N) is 1. The average molecular weight is 669 g/mol. The number of carbonyl (C=O) groups excluding carboxylic acids is 1. The number of hydrogen-bond acceptors (Lipinski definition) is 8. The summed E-state index contributed by atoms with van der Waals surface area (Å²) < 4.78 is 18.4. The third kappa shape index (κ3) is 8.84. The van der Waals surface area contributed by atoms with Gasteiger partial charge >= 0.3 is 0 Å². The van der Waals surface area contributed by atoms with Crippen LogP contribution in [0, 0.1) is 25.2 Å². The number of aliphatic hydroxyl groups is 1. The van der Waals surface area contributed by atoms with Gasteiger partial charge in [0.2, 0.25) is 5.91 Å². The lowest BCUT2D eigenvalue weighted by molar-refractivity contribution is -0.119. The smallest absolute Gasteiger partial charge is 0.217 e. The van der Waals surface area contributed by atoms with Gasteiger partial charge in [0.25, 0.3) is 0 Å². The number of aliphatic hydroxyl groups excluding tert-OH is 1. The van der Waals surface area contributed by atoms with Gasteiger partial charge in [-0.2, -0.15) is 5.26 Å². The van der Waals surface area contributed by atoms with Gasteiger partial charge < -0.3 is 29.5 Å². The Labute approximate surface area is 287 Å². The van der Waals surface area contributed by atoms with E-state index in [-0.39, 0.29) is 31.8 Å². The van der Waals surface area contributed by atoms with Crippen molar-refractivity contribution in [1.29, 1.82) is 5.26 Å². The zero-order valence-electron chi connectivity index (χ0n) is 27.6. The van der Waals surface area contributed by atoms with Crippen LogP contribution in [-0.4, -0.2) is 53.2 Å². The second-order valence-electron chi connectivity index (χ2n) is 12.0. The van der Waals surface area contributed by atoms with Crippen molar-refractivity contribution in [3.05, 3.63) is 105 Å². The Balaban J connectivity index is 1.22. The molecule has 0 bridgehead atoms. The van der Waals surface area contributed by atoms with Crippen LogP contribution < -0.4 is 19.5 Å². The summed E-state index contributed by atoms with van der Waals surface area (Å²) >= 11 is 6.55. The van der Waals surface area contributed by atoms with E-state index >= 15 is 0 Å². The summed E-state index contributed by atoms with van der Waals surface area (Å²) in [5, 5.41) is 22.5. The molecular weight excluding hydrogens is 628 g/mol. The number of likely N-dealkylation sites (tertiary alicyclic amines) is 1. The van der Waals surface area contributed by atoms with E-state index in [1.807, 2.05) is 24.3 Å². The van der Waals surface area contributed by atoms with Crippen molar-refractivity contribution in [3.63, 3.8) is 0 Å². The van der Waals surface area contributed by atoms with Gasteiger partial charge in [-0.1, -0.05) is 41.9 Å². The number of aromatic nitrogens is 1. The number of rotatable bonds is 14. The van der Waals surface area contributed by atoms with E-state index in [1.54, 1.807) is 31.3 Å². The Bertz CT molecular complexity index is 1790. The maximum atomic E-state index is 11.4. The number of nitrogens with zero attached hydrogens (tertiary/aromatic N) is 3. The van der Waals surface area contributed by atoms with E-state index in [1.165, 1.54) is 6.20 Å². The highest BCUT2D eigenvalue weighted by Gasteiger charge is 2.22. The topological polar surface area (TPSA) is 117 Å². The maximum absolute atomic E-state index is 11.4. The molecule has 10 heteroatoms. The predicted molar refractivity (Wildman–Crippen MR) is 185 cm³/mol. The van der Waals surface area contributed by atoms with Crippen molar-refractivity contribution < 1.29 is 24.1 Å². The molecule has 1 aliphatic rings. The summed E-state index contributed by atoms with van der Waals surface area (Å²) in [5.41, 5.74) is 7.06. The minimum Gasteiger partial charge on any atom is -0.493 e. The standard InChI is InChI=1S/C38H41ClN4O5/c1-25-30(24-48-38-17-37(31(22-44)16-35(38)39)47-23-29-15-28(18-40)19-41-20-29)7-4-8-33(25)34-9-5-10-36(26(34)2)46-14-6-12-43-13-11-32(21-43)42-27(3)45/h4-5,7-10,15-17,19-20,32,44H,6,11-14,21-24H2,1-3H3,(H,42,45)/t32-/m1/s1. The molecule has 4 aromatic rings. The van der Waals surface area contributed by atoms with Crippen LogP contribution in [0.3, 0.4) is 0 Å². The first-order chi connectivity index (χ1) is 23.2. The second kappa shape index (κ2) is 16.5. The Morgan fingerprint density at radius 2 is 1.77 bits per heavy atom. The van der Waals surface area contributed by atoms with Crippen molar-refractivity contribution in [3.8, 4) is 34.4 Å². The molecule has 9 nitrogen and oxygen atoms in total. The molecule has 1 amide bonds. The summed E-state index contributed by atoms with van der Waals surface area (Å²) in [4.78, 5) is 17.8. The third-order valence-electron chi connectivity index (χ3n) is 8.56. The van der Waals surface area contributed by atoms with Crippen molar-refractivity contribution in [2.24, 2.45) is 0 Å². The lowest BCUT2D eigenvalue weighted by Crippen LogP contribution is -2.35. The number of halogens is 1. The van der Waals surface area contributed by atoms with Gasteiger partial charge in [-0.3, -0.25) is 9.78 Å². The van der Waals surface area contributed by atoms with Crippen molar-refractivity contribution >= 4 is 17.5 Å². The number of carbonyl (C=O) groups is 1. The molecule has 0 saturated carbocycles. The number of nitriles is 1. The molecular formula is C38H41ClN4O5. The number of pyridine rings is 1. The molecule has 1 atom stereocenters. The van der Waals surface area contributed by atoms with Gasteiger partial charge in [-0.25, -0.2) is 0 Å². The molecule has 250 valence electrons. The van der Waals surface area contributed by atoms with Crippen LogP contribution in [-0.2, 0) is 24.6 Å². The van der Waals surface area contributed by atoms with Crippen LogP contribution in [0.15, 0.2) is 67.0 Å². The van der Waals surface area contributed by atoms with Crippen LogP contribution >= 0.6 is 11.6 Å². The quantitative estimate of drug-likeness (QED) is 0.146. The van der Waals surface area contributed by atoms with E-state index in [0.29, 0.717) is 34.3 Å². The monoisotopic (exact) mass is 668 g/mol. The van der Waals surface area contributed by atoms with Crippen LogP contribution in [0.25, 0.3) is 11.1 Å². The molecule has 1 aromatic heterocycles. The molecule has 1 saturated heterocycles. The third-order valence-corrected chi connectivity index (χ3v) is 8.86. The van der Waals surface area contributed by atoms with Gasteiger partial charge in [0.05, 0.1) is 23.8 Å². The minimum atomic E-state index is -0.256. The molecule has 2 heterocycles. The highest BCUT2D eigenvalue weighted by Crippen LogP contribution is 2.36. The van der Waals surface area contributed by atoms with E-state index in [0.717, 1.165) is 71.6 Å². The summed E-state index contributed by atoms with van der Waals surface area (Å²) in [6.45, 7) is 9.35. The highest BCUT2D eigenvalue weighted by molar-refractivity contribution is 6.32. The number of amides is 1. The first-order valence-electron chi connectivity index (χ1n) is 16.1. The van der Waals surface area contributed by atoms with Gasteiger partial charge in [0.15, 0.2) is 0 Å². The molecule has 1 aliphatic heterocycles. The normalized spacial score (nSPS) is 14.4. The van der Waals surface area contributed by atoms with E-state index in [4.69, 9.17) is 31.1 Å². The largest absolute Gasteiger partial charge is 0.493 e. The van der Waals surface area contributed by atoms with Crippen LogP contribution in [0.4, 0.5) is 0 Å². The Morgan fingerprint density at radius 3 is 2.54 bits per heavy atom. The van der Waals surface area contributed by atoms with E-state index < -0.39 is 0 Å². The first kappa shape index (κ1) is 34.7. The summed E-state index contributed by atoms with van der Waals surface area (Å²) in [6.07, 6.45) is 5.02. The van der Waals surface area contributed by atoms with Crippen LogP contribution in [0.5, 0.6) is 17.2 Å². The summed E-state index contributed by atoms with van der Waals surface area (Å²) in [6, 6.07) is 19.7. The lowest BCUT2D eigenvalue weighted by atomic mass is 9.93. The highest BCUT2D eigenvalue weighted by atomic mass is 35.5. The van der Waals surface area contributed by atoms with Crippen LogP contribution in [0.1, 0.15) is 53.1 Å². The fraction of sp³-hybridized carbons (Fsp3) is 0.342. The molecule has 0 radical (unpaired) electrons. The number of ether oxygens (including phenoxy) is 3. The Hall–Kier alpha value is -4.62. The SMILES string of the molecule is CC(=O)N[C@@H]1CCN(CCCOc2cccc(-c3cccc(COc4cc(OCc5cncc(C#N)c5)c(CO)cc4Cl)c3C)c2C)C1. The van der Waals surface area contributed by atoms with Gasteiger partial charge in [-0.15, -0.1) is 0 Å². The first-order valence-corrected chi connectivity index (χ1v) is 16.5. The number of hydrogen-bond donors (Lipinski definition) is 2. The molecule has 0 spiro atoms. The second-order valence-corrected chi connectivity index (χ2v) is 12.4. The molecule has 1 fully saturated rings. The van der Waals surface area contributed by atoms with E-state index in [2.05, 4.69) is 47.3 Å². The lowest BCUT2D eigenvalue weighted by Gasteiger charge is -2.19. The molecule has 2 N–H and O–H groups in total. The van der Waals surface area contributed by atoms with E-state index in [9.17, 15) is 9.90 Å². The minimum absolute atomic E-state index is 0.0294. The van der Waals surface area contributed by atoms with Crippen molar-refractivity contribution in [1.82, 2.24) is 15.2 Å². The zero-order valence-corrected chi connectivity index (χ0v) is 28.3. The number of benzene rings is 3. The Morgan fingerprint density at radius 1 is 1.00 bits per heavy atom. The van der Waals surface area contributed by atoms with Gasteiger partial charge in [-0.05, 0) is 72.7 Å². The van der Waals surface area contributed by atoms with Crippen molar-refractivity contribution in [2.75, 3.05) is 26.2 Å².